The molecule has 0 aliphatic heterocycles. The smallest absolute Gasteiger partial charge is 0.0885 e. The summed E-state index contributed by atoms with van der Waals surface area (Å²) in [7, 11) is 1.82. The lowest BCUT2D eigenvalue weighted by Crippen LogP contribution is -2.50. The SMILES string of the molecule is COC1(C(NN)c2ccccc2C)CCC(C)CC1. The Labute approximate surface area is 116 Å². The second-order valence-corrected chi connectivity index (χ2v) is 5.91. The third kappa shape index (κ3) is 2.83. The molecule has 0 spiro atoms. The minimum atomic E-state index is -0.173. The first-order chi connectivity index (χ1) is 9.13. The number of hydrogen-bond donors (Lipinski definition) is 2. The number of methoxy groups -OCH3 is 1. The predicted octanol–water partition coefficient (Wildman–Crippen LogP) is 3.09. The Bertz CT molecular complexity index is 411. The molecule has 1 atom stereocenters. The van der Waals surface area contributed by atoms with Crippen LogP contribution in [0.2, 0.25) is 0 Å². The lowest BCUT2D eigenvalue weighted by Gasteiger charge is -2.44. The monoisotopic (exact) mass is 262 g/mol. The van der Waals surface area contributed by atoms with Crippen molar-refractivity contribution in [3.63, 3.8) is 0 Å². The second kappa shape index (κ2) is 6.04. The standard InChI is InChI=1S/C16H26N2O/c1-12-8-10-16(19-3,11-9-12)15(18-17)14-7-5-4-6-13(14)2/h4-7,12,15,18H,8-11,17H2,1-3H3. The van der Waals surface area contributed by atoms with Crippen LogP contribution in [0.15, 0.2) is 24.3 Å². The van der Waals surface area contributed by atoms with Crippen molar-refractivity contribution in [3.8, 4) is 0 Å². The zero-order valence-electron chi connectivity index (χ0n) is 12.3. The first-order valence-corrected chi connectivity index (χ1v) is 7.20. The zero-order chi connectivity index (χ0) is 13.9. The van der Waals surface area contributed by atoms with Gasteiger partial charge in [-0.2, -0.15) is 0 Å². The number of nitrogens with two attached hydrogens (primary N) is 1. The molecule has 1 aromatic rings. The molecule has 3 N–H and O–H groups in total. The molecular formula is C16H26N2O. The van der Waals surface area contributed by atoms with E-state index in [-0.39, 0.29) is 11.6 Å². The normalized spacial score (nSPS) is 29.2. The van der Waals surface area contributed by atoms with Gasteiger partial charge in [-0.1, -0.05) is 31.2 Å². The van der Waals surface area contributed by atoms with Gasteiger partial charge in [-0.15, -0.1) is 0 Å². The molecule has 3 nitrogen and oxygen atoms in total. The maximum atomic E-state index is 5.95. The molecular weight excluding hydrogens is 236 g/mol. The number of hydrogen-bond acceptors (Lipinski definition) is 3. The van der Waals surface area contributed by atoms with E-state index in [2.05, 4.69) is 43.5 Å². The summed E-state index contributed by atoms with van der Waals surface area (Å²) in [4.78, 5) is 0. The van der Waals surface area contributed by atoms with E-state index >= 15 is 0 Å². The highest BCUT2D eigenvalue weighted by molar-refractivity contribution is 5.31. The Morgan fingerprint density at radius 1 is 1.32 bits per heavy atom. The Morgan fingerprint density at radius 3 is 2.47 bits per heavy atom. The van der Waals surface area contributed by atoms with Crippen molar-refractivity contribution in [2.75, 3.05) is 7.11 Å². The van der Waals surface area contributed by atoms with Crippen molar-refractivity contribution >= 4 is 0 Å². The van der Waals surface area contributed by atoms with Crippen LogP contribution in [-0.2, 0) is 4.74 Å². The molecule has 0 bridgehead atoms. The molecule has 0 amide bonds. The van der Waals surface area contributed by atoms with Crippen LogP contribution >= 0.6 is 0 Å². The summed E-state index contributed by atoms with van der Waals surface area (Å²) in [6.07, 6.45) is 4.54. The fourth-order valence-corrected chi connectivity index (χ4v) is 3.30. The van der Waals surface area contributed by atoms with Gasteiger partial charge in [-0.3, -0.25) is 11.3 Å². The summed E-state index contributed by atoms with van der Waals surface area (Å²) in [6, 6.07) is 8.48. The minimum Gasteiger partial charge on any atom is -0.376 e. The van der Waals surface area contributed by atoms with Crippen molar-refractivity contribution in [1.82, 2.24) is 5.43 Å². The van der Waals surface area contributed by atoms with Gasteiger partial charge in [0.15, 0.2) is 0 Å². The first kappa shape index (κ1) is 14.5. The molecule has 0 radical (unpaired) electrons. The molecule has 0 saturated heterocycles. The molecule has 1 saturated carbocycles. The van der Waals surface area contributed by atoms with Crippen molar-refractivity contribution in [1.29, 1.82) is 0 Å². The fourth-order valence-electron chi connectivity index (χ4n) is 3.30. The molecule has 106 valence electrons. The third-order valence-electron chi connectivity index (χ3n) is 4.72. The summed E-state index contributed by atoms with van der Waals surface area (Å²) in [6.45, 7) is 4.45. The molecule has 0 heterocycles. The predicted molar refractivity (Wildman–Crippen MR) is 78.6 cm³/mol. The van der Waals surface area contributed by atoms with E-state index in [0.29, 0.717) is 0 Å². The summed E-state index contributed by atoms with van der Waals surface area (Å²) >= 11 is 0. The van der Waals surface area contributed by atoms with Crippen LogP contribution in [0.1, 0.15) is 49.8 Å². The second-order valence-electron chi connectivity index (χ2n) is 5.91. The topological polar surface area (TPSA) is 47.3 Å². The Morgan fingerprint density at radius 2 is 1.95 bits per heavy atom. The lowest BCUT2D eigenvalue weighted by atomic mass is 9.73. The number of benzene rings is 1. The van der Waals surface area contributed by atoms with E-state index in [1.54, 1.807) is 0 Å². The number of nitrogens with one attached hydrogen (secondary N) is 1. The molecule has 1 unspecified atom stereocenters. The van der Waals surface area contributed by atoms with Crippen LogP contribution in [0.5, 0.6) is 0 Å². The van der Waals surface area contributed by atoms with Gasteiger partial charge in [-0.25, -0.2) is 0 Å². The largest absolute Gasteiger partial charge is 0.376 e. The van der Waals surface area contributed by atoms with Gasteiger partial charge in [0.05, 0.1) is 11.6 Å². The molecule has 3 heteroatoms. The highest BCUT2D eigenvalue weighted by atomic mass is 16.5. The molecule has 2 rings (SSSR count). The quantitative estimate of drug-likeness (QED) is 0.647. The van der Waals surface area contributed by atoms with E-state index in [9.17, 15) is 0 Å². The molecule has 1 aliphatic rings. The first-order valence-electron chi connectivity index (χ1n) is 7.20. The van der Waals surface area contributed by atoms with E-state index in [1.165, 1.54) is 24.0 Å². The van der Waals surface area contributed by atoms with E-state index in [1.807, 2.05) is 7.11 Å². The van der Waals surface area contributed by atoms with Crippen molar-refractivity contribution < 1.29 is 4.74 Å². The van der Waals surface area contributed by atoms with Gasteiger partial charge in [0.2, 0.25) is 0 Å². The van der Waals surface area contributed by atoms with Crippen LogP contribution in [0.4, 0.5) is 0 Å². The van der Waals surface area contributed by atoms with Gasteiger partial charge in [0.25, 0.3) is 0 Å². The van der Waals surface area contributed by atoms with Crippen LogP contribution in [0.25, 0.3) is 0 Å². The van der Waals surface area contributed by atoms with Gasteiger partial charge in [-0.05, 0) is 49.7 Å². The lowest BCUT2D eigenvalue weighted by molar-refractivity contribution is -0.0763. The Hall–Kier alpha value is -0.900. The highest BCUT2D eigenvalue weighted by Crippen LogP contribution is 2.43. The Kier molecular flexibility index (Phi) is 4.61. The summed E-state index contributed by atoms with van der Waals surface area (Å²) in [5, 5.41) is 0. The van der Waals surface area contributed by atoms with Crippen LogP contribution in [0, 0.1) is 12.8 Å². The maximum absolute atomic E-state index is 5.95. The minimum absolute atomic E-state index is 0.0613. The summed E-state index contributed by atoms with van der Waals surface area (Å²) in [5.41, 5.74) is 5.35. The van der Waals surface area contributed by atoms with Crippen molar-refractivity contribution in [3.05, 3.63) is 35.4 Å². The molecule has 1 aliphatic carbocycles. The third-order valence-corrected chi connectivity index (χ3v) is 4.72. The maximum Gasteiger partial charge on any atom is 0.0885 e. The van der Waals surface area contributed by atoms with Gasteiger partial charge < -0.3 is 4.74 Å². The van der Waals surface area contributed by atoms with Gasteiger partial charge >= 0.3 is 0 Å². The van der Waals surface area contributed by atoms with Crippen LogP contribution in [0.3, 0.4) is 0 Å². The van der Waals surface area contributed by atoms with E-state index in [4.69, 9.17) is 10.6 Å². The number of ether oxygens (including phenoxy) is 1. The molecule has 1 fully saturated rings. The van der Waals surface area contributed by atoms with Crippen LogP contribution in [-0.4, -0.2) is 12.7 Å². The van der Waals surface area contributed by atoms with Gasteiger partial charge in [0, 0.05) is 7.11 Å². The zero-order valence-corrected chi connectivity index (χ0v) is 12.3. The van der Waals surface area contributed by atoms with Crippen molar-refractivity contribution in [2.45, 2.75) is 51.2 Å². The number of rotatable bonds is 4. The highest BCUT2D eigenvalue weighted by Gasteiger charge is 2.42. The van der Waals surface area contributed by atoms with E-state index in [0.717, 1.165) is 18.8 Å². The van der Waals surface area contributed by atoms with E-state index < -0.39 is 0 Å². The molecule has 1 aromatic carbocycles. The van der Waals surface area contributed by atoms with Crippen molar-refractivity contribution in [2.24, 2.45) is 11.8 Å². The van der Waals surface area contributed by atoms with Crippen LogP contribution < -0.4 is 11.3 Å². The number of hydrazine groups is 1. The summed E-state index contributed by atoms with van der Waals surface area (Å²) < 4.78 is 5.95. The number of aryl methyl sites for hydroxylation is 1. The van der Waals surface area contributed by atoms with Gasteiger partial charge in [0.1, 0.15) is 0 Å². The molecule has 19 heavy (non-hydrogen) atoms. The fraction of sp³-hybridized carbons (Fsp3) is 0.625. The molecule has 0 aromatic heterocycles. The average molecular weight is 262 g/mol. The summed E-state index contributed by atoms with van der Waals surface area (Å²) in [5.74, 6) is 6.66. The Balaban J connectivity index is 2.32. The average Bonchev–Trinajstić information content (AvgIpc) is 2.44.